The summed E-state index contributed by atoms with van der Waals surface area (Å²) in [6.45, 7) is 7.80. The lowest BCUT2D eigenvalue weighted by Crippen LogP contribution is -2.34. The van der Waals surface area contributed by atoms with Crippen LogP contribution in [0.1, 0.15) is 55.3 Å². The molecule has 1 aromatic rings. The van der Waals surface area contributed by atoms with Crippen molar-refractivity contribution in [1.82, 2.24) is 9.47 Å². The molecule has 6 nitrogen and oxygen atoms in total. The molecular weight excluding hydrogens is 328 g/mol. The van der Waals surface area contributed by atoms with Crippen LogP contribution in [-0.2, 0) is 16.1 Å². The Balaban J connectivity index is 1.75. The molecule has 2 aliphatic heterocycles. The van der Waals surface area contributed by atoms with Gasteiger partial charge in [-0.1, -0.05) is 12.8 Å². The van der Waals surface area contributed by atoms with Crippen molar-refractivity contribution in [3.63, 3.8) is 0 Å². The highest BCUT2D eigenvalue weighted by Gasteiger charge is 2.24. The molecule has 0 aromatic carbocycles. The van der Waals surface area contributed by atoms with Crippen LogP contribution in [0.25, 0.3) is 0 Å². The maximum absolute atomic E-state index is 12.7. The van der Waals surface area contributed by atoms with E-state index in [1.807, 2.05) is 13.8 Å². The Bertz CT molecular complexity index is 675. The molecule has 0 spiro atoms. The van der Waals surface area contributed by atoms with E-state index in [9.17, 15) is 10.1 Å². The van der Waals surface area contributed by atoms with E-state index in [0.29, 0.717) is 24.5 Å². The molecule has 0 radical (unpaired) electrons. The van der Waals surface area contributed by atoms with Gasteiger partial charge in [0.2, 0.25) is 5.91 Å². The van der Waals surface area contributed by atoms with Gasteiger partial charge in [0.1, 0.15) is 11.9 Å². The summed E-state index contributed by atoms with van der Waals surface area (Å²) < 4.78 is 7.83. The second kappa shape index (κ2) is 8.70. The normalized spacial score (nSPS) is 21.3. The fraction of sp³-hybridized carbons (Fsp3) is 0.700. The van der Waals surface area contributed by atoms with Crippen molar-refractivity contribution in [2.45, 2.75) is 65.0 Å². The Morgan fingerprint density at radius 2 is 1.96 bits per heavy atom. The fourth-order valence-electron chi connectivity index (χ4n) is 4.02. The summed E-state index contributed by atoms with van der Waals surface area (Å²) in [7, 11) is 0. The molecule has 1 aromatic heterocycles. The largest absolute Gasteiger partial charge is 0.376 e. The third-order valence-electron chi connectivity index (χ3n) is 5.68. The molecule has 6 heteroatoms. The molecule has 3 rings (SSSR count). The van der Waals surface area contributed by atoms with E-state index in [-0.39, 0.29) is 12.0 Å². The number of hydrogen-bond donors (Lipinski definition) is 1. The van der Waals surface area contributed by atoms with Crippen molar-refractivity contribution in [2.75, 3.05) is 31.6 Å². The van der Waals surface area contributed by atoms with Gasteiger partial charge in [-0.3, -0.25) is 9.69 Å². The molecule has 0 aliphatic carbocycles. The lowest BCUT2D eigenvalue weighted by atomic mass is 10.2. The number of rotatable bonds is 5. The van der Waals surface area contributed by atoms with Gasteiger partial charge in [0.15, 0.2) is 0 Å². The number of ether oxygens (including phenoxy) is 1. The zero-order valence-corrected chi connectivity index (χ0v) is 16.0. The highest BCUT2D eigenvalue weighted by Crippen LogP contribution is 2.28. The molecule has 26 heavy (non-hydrogen) atoms. The van der Waals surface area contributed by atoms with E-state index < -0.39 is 0 Å². The first kappa shape index (κ1) is 18.9. The average Bonchev–Trinajstić information content (AvgIpc) is 3.10. The molecule has 0 bridgehead atoms. The molecule has 2 saturated heterocycles. The Labute approximate surface area is 156 Å². The van der Waals surface area contributed by atoms with E-state index in [0.717, 1.165) is 56.6 Å². The van der Waals surface area contributed by atoms with Gasteiger partial charge in [-0.05, 0) is 58.2 Å². The van der Waals surface area contributed by atoms with Gasteiger partial charge in [-0.15, -0.1) is 0 Å². The molecule has 1 N–H and O–H groups in total. The van der Waals surface area contributed by atoms with Gasteiger partial charge < -0.3 is 14.6 Å². The van der Waals surface area contributed by atoms with Gasteiger partial charge in [0.25, 0.3) is 0 Å². The van der Waals surface area contributed by atoms with E-state index in [4.69, 9.17) is 4.74 Å². The van der Waals surface area contributed by atoms with Crippen LogP contribution >= 0.6 is 0 Å². The Kier molecular flexibility index (Phi) is 6.33. The predicted molar refractivity (Wildman–Crippen MR) is 101 cm³/mol. The quantitative estimate of drug-likeness (QED) is 0.878. The SMILES string of the molecule is Cc1c(C#N)c(NC(=O)CN2CCCCCC2)n(C[C@H]2CCCO2)c1C. The number of hydrogen-bond acceptors (Lipinski definition) is 4. The summed E-state index contributed by atoms with van der Waals surface area (Å²) in [5.74, 6) is 0.604. The Hall–Kier alpha value is -1.84. The Morgan fingerprint density at radius 3 is 2.58 bits per heavy atom. The van der Waals surface area contributed by atoms with Crippen LogP contribution in [0.2, 0.25) is 0 Å². The number of nitrogens with zero attached hydrogens (tertiary/aromatic N) is 3. The molecular formula is C20H30N4O2. The zero-order chi connectivity index (χ0) is 18.5. The van der Waals surface area contributed by atoms with E-state index in [1.165, 1.54) is 12.8 Å². The summed E-state index contributed by atoms with van der Waals surface area (Å²) in [5, 5.41) is 12.7. The number of amides is 1. The Morgan fingerprint density at radius 1 is 1.23 bits per heavy atom. The summed E-state index contributed by atoms with van der Waals surface area (Å²) in [5.41, 5.74) is 2.54. The summed E-state index contributed by atoms with van der Waals surface area (Å²) in [6, 6.07) is 2.28. The van der Waals surface area contributed by atoms with Crippen molar-refractivity contribution in [3.05, 3.63) is 16.8 Å². The summed E-state index contributed by atoms with van der Waals surface area (Å²) >= 11 is 0. The lowest BCUT2D eigenvalue weighted by molar-refractivity contribution is -0.117. The van der Waals surface area contributed by atoms with Crippen LogP contribution in [-0.4, -0.2) is 47.7 Å². The minimum atomic E-state index is -0.0329. The first-order valence-electron chi connectivity index (χ1n) is 9.83. The first-order chi connectivity index (χ1) is 12.6. The summed E-state index contributed by atoms with van der Waals surface area (Å²) in [4.78, 5) is 14.9. The highest BCUT2D eigenvalue weighted by atomic mass is 16.5. The van der Waals surface area contributed by atoms with Crippen molar-refractivity contribution in [3.8, 4) is 6.07 Å². The average molecular weight is 358 g/mol. The van der Waals surface area contributed by atoms with Crippen molar-refractivity contribution in [1.29, 1.82) is 5.26 Å². The highest BCUT2D eigenvalue weighted by molar-refractivity contribution is 5.93. The van der Waals surface area contributed by atoms with Crippen LogP contribution in [0.3, 0.4) is 0 Å². The number of likely N-dealkylation sites (tertiary alicyclic amines) is 1. The topological polar surface area (TPSA) is 70.3 Å². The molecule has 2 aliphatic rings. The van der Waals surface area contributed by atoms with Crippen molar-refractivity contribution in [2.24, 2.45) is 0 Å². The van der Waals surface area contributed by atoms with Crippen molar-refractivity contribution < 1.29 is 9.53 Å². The number of carbonyl (C=O) groups is 1. The maximum Gasteiger partial charge on any atom is 0.239 e. The van der Waals surface area contributed by atoms with Crippen LogP contribution in [0, 0.1) is 25.2 Å². The fourth-order valence-corrected chi connectivity index (χ4v) is 4.02. The molecule has 3 heterocycles. The van der Waals surface area contributed by atoms with E-state index in [1.54, 1.807) is 0 Å². The van der Waals surface area contributed by atoms with Gasteiger partial charge in [0, 0.05) is 12.3 Å². The molecule has 142 valence electrons. The minimum Gasteiger partial charge on any atom is -0.376 e. The van der Waals surface area contributed by atoms with Gasteiger partial charge in [-0.25, -0.2) is 0 Å². The number of nitrogens with one attached hydrogen (secondary N) is 1. The van der Waals surface area contributed by atoms with Gasteiger partial charge >= 0.3 is 0 Å². The maximum atomic E-state index is 12.7. The molecule has 0 saturated carbocycles. The monoisotopic (exact) mass is 358 g/mol. The summed E-state index contributed by atoms with van der Waals surface area (Å²) in [6.07, 6.45) is 7.08. The predicted octanol–water partition coefficient (Wildman–Crippen LogP) is 2.97. The second-order valence-corrected chi connectivity index (χ2v) is 7.53. The number of aromatic nitrogens is 1. The molecule has 1 atom stereocenters. The van der Waals surface area contributed by atoms with Crippen molar-refractivity contribution >= 4 is 11.7 Å². The zero-order valence-electron chi connectivity index (χ0n) is 16.0. The third-order valence-corrected chi connectivity index (χ3v) is 5.68. The van der Waals surface area contributed by atoms with Crippen LogP contribution in [0.15, 0.2) is 0 Å². The van der Waals surface area contributed by atoms with Gasteiger partial charge in [0.05, 0.1) is 24.8 Å². The smallest absolute Gasteiger partial charge is 0.239 e. The number of anilines is 1. The van der Waals surface area contributed by atoms with Crippen LogP contribution in [0.5, 0.6) is 0 Å². The van der Waals surface area contributed by atoms with E-state index >= 15 is 0 Å². The minimum absolute atomic E-state index is 0.0329. The molecule has 0 unspecified atom stereocenters. The second-order valence-electron chi connectivity index (χ2n) is 7.53. The standard InChI is InChI=1S/C20H30N4O2/c1-15-16(2)24(13-17-8-7-11-26-17)20(18(15)12-21)22-19(25)14-23-9-5-3-4-6-10-23/h17H,3-11,13-14H2,1-2H3,(H,22,25)/t17-/m1/s1. The van der Waals surface area contributed by atoms with Crippen LogP contribution < -0.4 is 5.32 Å². The van der Waals surface area contributed by atoms with Gasteiger partial charge in [-0.2, -0.15) is 5.26 Å². The molecule has 2 fully saturated rings. The third kappa shape index (κ3) is 4.28. The number of nitriles is 1. The lowest BCUT2D eigenvalue weighted by Gasteiger charge is -2.20. The number of carbonyl (C=O) groups excluding carboxylic acids is 1. The van der Waals surface area contributed by atoms with E-state index in [2.05, 4.69) is 20.9 Å². The molecule has 1 amide bonds. The van der Waals surface area contributed by atoms with Crippen LogP contribution in [0.4, 0.5) is 5.82 Å². The first-order valence-corrected chi connectivity index (χ1v) is 9.83.